The highest BCUT2D eigenvalue weighted by molar-refractivity contribution is 5.80. The zero-order valence-corrected chi connectivity index (χ0v) is 14.3. The molecule has 2 atom stereocenters. The fourth-order valence-corrected chi connectivity index (χ4v) is 4.22. The van der Waals surface area contributed by atoms with Crippen molar-refractivity contribution in [1.82, 2.24) is 15.1 Å². The van der Waals surface area contributed by atoms with E-state index in [0.29, 0.717) is 5.41 Å². The zero-order valence-electron chi connectivity index (χ0n) is 14.3. The monoisotopic (exact) mass is 308 g/mol. The van der Waals surface area contributed by atoms with Crippen LogP contribution < -0.4 is 5.32 Å². The molecule has 1 spiro atoms. The highest BCUT2D eigenvalue weighted by Crippen LogP contribution is 2.38. The molecule has 22 heavy (non-hydrogen) atoms. The molecule has 0 saturated carbocycles. The second kappa shape index (κ2) is 7.18. The molecule has 0 bridgehead atoms. The molecule has 3 aliphatic rings. The lowest BCUT2D eigenvalue weighted by atomic mass is 9.87. The number of aliphatic imine (C=N–C) groups is 1. The van der Waals surface area contributed by atoms with Crippen LogP contribution in [-0.4, -0.2) is 74.8 Å². The Kier molecular flexibility index (Phi) is 5.24. The first-order chi connectivity index (χ1) is 10.7. The van der Waals surface area contributed by atoms with E-state index in [4.69, 9.17) is 4.74 Å². The number of guanidine groups is 1. The van der Waals surface area contributed by atoms with Crippen LogP contribution in [0.25, 0.3) is 0 Å². The van der Waals surface area contributed by atoms with Gasteiger partial charge >= 0.3 is 0 Å². The van der Waals surface area contributed by atoms with Gasteiger partial charge in [-0.1, -0.05) is 6.42 Å². The molecule has 0 aromatic rings. The number of rotatable bonds is 3. The van der Waals surface area contributed by atoms with Crippen molar-refractivity contribution in [3.05, 3.63) is 0 Å². The van der Waals surface area contributed by atoms with Crippen LogP contribution in [0.15, 0.2) is 4.99 Å². The Labute approximate surface area is 135 Å². The molecule has 126 valence electrons. The van der Waals surface area contributed by atoms with E-state index in [9.17, 15) is 0 Å². The van der Waals surface area contributed by atoms with E-state index in [2.05, 4.69) is 27.0 Å². The maximum absolute atomic E-state index is 5.62. The molecule has 5 heteroatoms. The van der Waals surface area contributed by atoms with Gasteiger partial charge in [-0.05, 0) is 39.2 Å². The summed E-state index contributed by atoms with van der Waals surface area (Å²) in [5, 5.41) is 3.58. The van der Waals surface area contributed by atoms with Crippen molar-refractivity contribution in [1.29, 1.82) is 0 Å². The van der Waals surface area contributed by atoms with Crippen molar-refractivity contribution in [2.75, 3.05) is 53.0 Å². The number of piperidine rings is 1. The standard InChI is InChI=1S/C17H32N4O/c1-15-5-3-4-9-20(15)11-8-19-16(18-2)21-10-6-17(13-21)7-12-22-14-17/h15H,3-14H2,1-2H3,(H,18,19). The maximum atomic E-state index is 5.62. The summed E-state index contributed by atoms with van der Waals surface area (Å²) in [6, 6.07) is 0.739. The summed E-state index contributed by atoms with van der Waals surface area (Å²) in [5.74, 6) is 1.08. The van der Waals surface area contributed by atoms with Gasteiger partial charge in [-0.25, -0.2) is 0 Å². The van der Waals surface area contributed by atoms with E-state index in [1.165, 1.54) is 38.6 Å². The fourth-order valence-electron chi connectivity index (χ4n) is 4.22. The van der Waals surface area contributed by atoms with Gasteiger partial charge in [-0.2, -0.15) is 0 Å². The second-order valence-corrected chi connectivity index (χ2v) is 7.33. The number of hydrogen-bond donors (Lipinski definition) is 1. The minimum atomic E-state index is 0.402. The quantitative estimate of drug-likeness (QED) is 0.634. The van der Waals surface area contributed by atoms with Crippen LogP contribution in [0.4, 0.5) is 0 Å². The normalized spacial score (nSPS) is 33.8. The Bertz CT molecular complexity index is 392. The molecule has 0 aromatic carbocycles. The second-order valence-electron chi connectivity index (χ2n) is 7.33. The molecule has 0 aliphatic carbocycles. The molecular weight excluding hydrogens is 276 g/mol. The lowest BCUT2D eigenvalue weighted by Gasteiger charge is -2.33. The lowest BCUT2D eigenvalue weighted by Crippen LogP contribution is -2.46. The Morgan fingerprint density at radius 1 is 1.32 bits per heavy atom. The highest BCUT2D eigenvalue weighted by atomic mass is 16.5. The molecular formula is C17H32N4O. The van der Waals surface area contributed by atoms with Gasteiger partial charge in [0.05, 0.1) is 6.61 Å². The summed E-state index contributed by atoms with van der Waals surface area (Å²) < 4.78 is 5.62. The summed E-state index contributed by atoms with van der Waals surface area (Å²) in [5.41, 5.74) is 0.402. The molecule has 3 heterocycles. The van der Waals surface area contributed by atoms with Gasteiger partial charge < -0.3 is 15.0 Å². The van der Waals surface area contributed by atoms with Crippen molar-refractivity contribution in [3.63, 3.8) is 0 Å². The molecule has 1 N–H and O–H groups in total. The molecule has 0 radical (unpaired) electrons. The number of nitrogens with zero attached hydrogens (tertiary/aromatic N) is 3. The van der Waals surface area contributed by atoms with Gasteiger partial charge in [0.2, 0.25) is 0 Å². The highest BCUT2D eigenvalue weighted by Gasteiger charge is 2.42. The summed E-state index contributed by atoms with van der Waals surface area (Å²) in [6.45, 7) is 9.83. The third-order valence-corrected chi connectivity index (χ3v) is 5.76. The molecule has 0 amide bonds. The number of nitrogens with one attached hydrogen (secondary N) is 1. The van der Waals surface area contributed by atoms with Crippen LogP contribution in [-0.2, 0) is 4.74 Å². The summed E-state index contributed by atoms with van der Waals surface area (Å²) in [6.07, 6.45) is 6.56. The SMILES string of the molecule is CN=C(NCCN1CCCCC1C)N1CCC2(CCOC2)C1. The molecule has 2 unspecified atom stereocenters. The summed E-state index contributed by atoms with van der Waals surface area (Å²) in [4.78, 5) is 9.53. The van der Waals surface area contributed by atoms with Crippen LogP contribution in [0.3, 0.4) is 0 Å². The van der Waals surface area contributed by atoms with Crippen molar-refractivity contribution < 1.29 is 4.74 Å². The predicted octanol–water partition coefficient (Wildman–Crippen LogP) is 1.55. The van der Waals surface area contributed by atoms with Crippen LogP contribution in [0, 0.1) is 5.41 Å². The first-order valence-electron chi connectivity index (χ1n) is 9.00. The van der Waals surface area contributed by atoms with E-state index in [1.54, 1.807) is 0 Å². The Morgan fingerprint density at radius 2 is 2.23 bits per heavy atom. The molecule has 3 saturated heterocycles. The Morgan fingerprint density at radius 3 is 2.95 bits per heavy atom. The molecule has 5 nitrogen and oxygen atoms in total. The first-order valence-corrected chi connectivity index (χ1v) is 9.00. The minimum Gasteiger partial charge on any atom is -0.381 e. The molecule has 3 rings (SSSR count). The Balaban J connectivity index is 1.44. The van der Waals surface area contributed by atoms with Gasteiger partial charge in [0.25, 0.3) is 0 Å². The average Bonchev–Trinajstić information content (AvgIpc) is 3.16. The Hall–Kier alpha value is -0.810. The molecule has 0 aromatic heterocycles. The van der Waals surface area contributed by atoms with E-state index in [0.717, 1.165) is 51.4 Å². The summed E-state index contributed by atoms with van der Waals surface area (Å²) in [7, 11) is 1.90. The molecule has 3 fully saturated rings. The summed E-state index contributed by atoms with van der Waals surface area (Å²) >= 11 is 0. The molecule has 3 aliphatic heterocycles. The van der Waals surface area contributed by atoms with Gasteiger partial charge in [0, 0.05) is 51.3 Å². The van der Waals surface area contributed by atoms with Crippen LogP contribution in [0.1, 0.15) is 39.0 Å². The third-order valence-electron chi connectivity index (χ3n) is 5.76. The number of ether oxygens (including phenoxy) is 1. The topological polar surface area (TPSA) is 40.1 Å². The van der Waals surface area contributed by atoms with Gasteiger partial charge in [0.15, 0.2) is 5.96 Å². The number of hydrogen-bond acceptors (Lipinski definition) is 3. The van der Waals surface area contributed by atoms with E-state index in [-0.39, 0.29) is 0 Å². The smallest absolute Gasteiger partial charge is 0.193 e. The van der Waals surface area contributed by atoms with Crippen molar-refractivity contribution in [3.8, 4) is 0 Å². The van der Waals surface area contributed by atoms with Crippen LogP contribution >= 0.6 is 0 Å². The van der Waals surface area contributed by atoms with Crippen LogP contribution in [0.5, 0.6) is 0 Å². The lowest BCUT2D eigenvalue weighted by molar-refractivity contribution is 0.156. The van der Waals surface area contributed by atoms with Gasteiger partial charge in [-0.15, -0.1) is 0 Å². The number of likely N-dealkylation sites (tertiary alicyclic amines) is 2. The van der Waals surface area contributed by atoms with E-state index >= 15 is 0 Å². The minimum absolute atomic E-state index is 0.402. The van der Waals surface area contributed by atoms with E-state index < -0.39 is 0 Å². The van der Waals surface area contributed by atoms with E-state index in [1.807, 2.05) is 7.05 Å². The third kappa shape index (κ3) is 3.57. The average molecular weight is 308 g/mol. The van der Waals surface area contributed by atoms with Crippen LogP contribution in [0.2, 0.25) is 0 Å². The fraction of sp³-hybridized carbons (Fsp3) is 0.941. The van der Waals surface area contributed by atoms with Gasteiger partial charge in [-0.3, -0.25) is 9.89 Å². The van der Waals surface area contributed by atoms with Gasteiger partial charge in [0.1, 0.15) is 0 Å². The zero-order chi connectivity index (χ0) is 15.4. The van der Waals surface area contributed by atoms with Crippen molar-refractivity contribution in [2.45, 2.75) is 45.1 Å². The predicted molar refractivity (Wildman–Crippen MR) is 90.3 cm³/mol. The van der Waals surface area contributed by atoms with Crippen molar-refractivity contribution in [2.24, 2.45) is 10.4 Å². The maximum Gasteiger partial charge on any atom is 0.193 e. The largest absolute Gasteiger partial charge is 0.381 e. The first kappa shape index (κ1) is 16.1. The van der Waals surface area contributed by atoms with Crippen molar-refractivity contribution >= 4 is 5.96 Å².